The van der Waals surface area contributed by atoms with E-state index in [1.54, 1.807) is 4.90 Å². The van der Waals surface area contributed by atoms with Crippen LogP contribution in [0.1, 0.15) is 59.3 Å². The molecule has 1 spiro atoms. The van der Waals surface area contributed by atoms with Gasteiger partial charge in [-0.25, -0.2) is 4.79 Å². The van der Waals surface area contributed by atoms with Crippen LogP contribution >= 0.6 is 0 Å². The second-order valence-corrected chi connectivity index (χ2v) is 11.6. The highest BCUT2D eigenvalue weighted by Gasteiger charge is 2.50. The zero-order valence-electron chi connectivity index (χ0n) is 19.1. The van der Waals surface area contributed by atoms with Gasteiger partial charge in [0, 0.05) is 38.7 Å². The molecule has 0 aromatic rings. The maximum atomic E-state index is 12.6. The van der Waals surface area contributed by atoms with Gasteiger partial charge in [-0.1, -0.05) is 12.8 Å². The lowest BCUT2D eigenvalue weighted by Gasteiger charge is -2.48. The Morgan fingerprint density at radius 3 is 2.36 bits per heavy atom. The van der Waals surface area contributed by atoms with E-state index in [1.165, 1.54) is 4.90 Å². The highest BCUT2D eigenvalue weighted by molar-refractivity contribution is 7.87. The summed E-state index contributed by atoms with van der Waals surface area (Å²) in [5, 5.41) is 0. The molecule has 1 aliphatic carbocycles. The maximum absolute atomic E-state index is 12.6. The molecule has 0 bridgehead atoms. The Morgan fingerprint density at radius 2 is 1.82 bits per heavy atom. The molecule has 1 saturated carbocycles. The Kier molecular flexibility index (Phi) is 6.99. The molecule has 1 atom stereocenters. The summed E-state index contributed by atoms with van der Waals surface area (Å²) in [6.45, 7) is 6.96. The third-order valence-electron chi connectivity index (χ3n) is 6.54. The molecule has 33 heavy (non-hydrogen) atoms. The van der Waals surface area contributed by atoms with E-state index in [1.807, 2.05) is 20.8 Å². The van der Waals surface area contributed by atoms with Gasteiger partial charge in [-0.2, -0.15) is 21.6 Å². The van der Waals surface area contributed by atoms with Crippen molar-refractivity contribution in [3.8, 4) is 0 Å². The van der Waals surface area contributed by atoms with E-state index in [2.05, 4.69) is 4.18 Å². The van der Waals surface area contributed by atoms with Crippen molar-refractivity contribution in [1.82, 2.24) is 9.80 Å². The first-order chi connectivity index (χ1) is 15.1. The van der Waals surface area contributed by atoms with Crippen molar-refractivity contribution in [1.29, 1.82) is 0 Å². The highest BCUT2D eigenvalue weighted by Crippen LogP contribution is 2.49. The lowest BCUT2D eigenvalue weighted by molar-refractivity contribution is -0.129. The molecule has 0 aromatic heterocycles. The molecule has 1 saturated heterocycles. The summed E-state index contributed by atoms with van der Waals surface area (Å²) in [5.74, 6) is -0.961. The number of hydrogen-bond acceptors (Lipinski definition) is 6. The van der Waals surface area contributed by atoms with Crippen molar-refractivity contribution < 1.29 is 40.1 Å². The minimum Gasteiger partial charge on any atom is -0.444 e. The van der Waals surface area contributed by atoms with E-state index in [-0.39, 0.29) is 30.4 Å². The van der Waals surface area contributed by atoms with E-state index < -0.39 is 32.9 Å². The van der Waals surface area contributed by atoms with Gasteiger partial charge in [0.1, 0.15) is 11.4 Å². The van der Waals surface area contributed by atoms with Crippen LogP contribution in [-0.4, -0.2) is 67.5 Å². The number of nitrogens with zero attached hydrogens (tertiary/aromatic N) is 2. The number of ether oxygens (including phenoxy) is 1. The van der Waals surface area contributed by atoms with Crippen molar-refractivity contribution >= 4 is 22.1 Å². The first-order valence-corrected chi connectivity index (χ1v) is 12.5. The average Bonchev–Trinajstić information content (AvgIpc) is 3.11. The molecule has 2 amide bonds. The molecule has 0 N–H and O–H groups in total. The number of rotatable bonds is 4. The second-order valence-electron chi connectivity index (χ2n) is 10.1. The standard InChI is InChI=1S/C21H31F3N2O6S/c1-19(2,3)31-18(28)26-10-6-15(20(14-26)8-4-5-9-20)13-25-11-7-16(12-17(25)27)32-33(29,30)21(22,23)24/h12,15H,4-11,13-14H2,1-3H3. The second kappa shape index (κ2) is 8.99. The monoisotopic (exact) mass is 496 g/mol. The molecule has 2 heterocycles. The molecule has 3 aliphatic rings. The fourth-order valence-electron chi connectivity index (χ4n) is 4.98. The Bertz CT molecular complexity index is 904. The van der Waals surface area contributed by atoms with Gasteiger partial charge in [0.25, 0.3) is 0 Å². The molecule has 0 aromatic carbocycles. The van der Waals surface area contributed by atoms with Crippen molar-refractivity contribution in [2.24, 2.45) is 11.3 Å². The van der Waals surface area contributed by atoms with Crippen LogP contribution < -0.4 is 0 Å². The fraction of sp³-hybridized carbons (Fsp3) is 0.810. The largest absolute Gasteiger partial charge is 0.534 e. The van der Waals surface area contributed by atoms with E-state index in [0.29, 0.717) is 26.1 Å². The van der Waals surface area contributed by atoms with Gasteiger partial charge in [0.05, 0.1) is 0 Å². The van der Waals surface area contributed by atoms with Crippen LogP contribution in [0.2, 0.25) is 0 Å². The summed E-state index contributed by atoms with van der Waals surface area (Å²) in [6, 6.07) is 0. The summed E-state index contributed by atoms with van der Waals surface area (Å²) in [4.78, 5) is 28.4. The van der Waals surface area contributed by atoms with Crippen LogP contribution in [0.25, 0.3) is 0 Å². The quantitative estimate of drug-likeness (QED) is 0.434. The van der Waals surface area contributed by atoms with Gasteiger partial charge < -0.3 is 18.7 Å². The predicted molar refractivity (Wildman–Crippen MR) is 112 cm³/mol. The minimum absolute atomic E-state index is 0.0698. The van der Waals surface area contributed by atoms with E-state index in [4.69, 9.17) is 4.74 Å². The van der Waals surface area contributed by atoms with Crippen LogP contribution in [0.4, 0.5) is 18.0 Å². The molecule has 188 valence electrons. The van der Waals surface area contributed by atoms with E-state index in [0.717, 1.165) is 31.8 Å². The lowest BCUT2D eigenvalue weighted by Crippen LogP contribution is -2.54. The fourth-order valence-corrected chi connectivity index (χ4v) is 5.48. The molecule has 2 fully saturated rings. The molecular formula is C21H31F3N2O6S. The Hall–Kier alpha value is -1.98. The predicted octanol–water partition coefficient (Wildman–Crippen LogP) is 3.79. The lowest BCUT2D eigenvalue weighted by atomic mass is 9.69. The first kappa shape index (κ1) is 25.6. The van der Waals surface area contributed by atoms with Crippen LogP contribution in [0.3, 0.4) is 0 Å². The van der Waals surface area contributed by atoms with Crippen LogP contribution in [-0.2, 0) is 23.8 Å². The van der Waals surface area contributed by atoms with Crippen LogP contribution in [0.15, 0.2) is 11.8 Å². The number of alkyl halides is 3. The maximum Gasteiger partial charge on any atom is 0.534 e. The van der Waals surface area contributed by atoms with Crippen LogP contribution in [0.5, 0.6) is 0 Å². The summed E-state index contributed by atoms with van der Waals surface area (Å²) in [7, 11) is -5.80. The number of carbonyl (C=O) groups excluding carboxylic acids is 2. The van der Waals surface area contributed by atoms with Gasteiger partial charge in [-0.05, 0) is 51.4 Å². The normalized spacial score (nSPS) is 24.1. The molecule has 12 heteroatoms. The summed E-state index contributed by atoms with van der Waals surface area (Å²) < 4.78 is 69.7. The smallest absolute Gasteiger partial charge is 0.444 e. The summed E-state index contributed by atoms with van der Waals surface area (Å²) >= 11 is 0. The minimum atomic E-state index is -5.80. The Morgan fingerprint density at radius 1 is 1.18 bits per heavy atom. The van der Waals surface area contributed by atoms with Crippen molar-refractivity contribution in [3.63, 3.8) is 0 Å². The van der Waals surface area contributed by atoms with E-state index in [9.17, 15) is 31.2 Å². The van der Waals surface area contributed by atoms with Gasteiger partial charge in [-0.3, -0.25) is 4.79 Å². The van der Waals surface area contributed by atoms with E-state index >= 15 is 0 Å². The molecule has 3 rings (SSSR count). The molecule has 2 aliphatic heterocycles. The molecule has 8 nitrogen and oxygen atoms in total. The number of carbonyl (C=O) groups is 2. The molecule has 0 radical (unpaired) electrons. The van der Waals surface area contributed by atoms with Crippen molar-refractivity contribution in [2.45, 2.75) is 70.4 Å². The Balaban J connectivity index is 1.67. The van der Waals surface area contributed by atoms with Gasteiger partial charge in [-0.15, -0.1) is 0 Å². The van der Waals surface area contributed by atoms with Crippen LogP contribution in [0, 0.1) is 11.3 Å². The zero-order chi connectivity index (χ0) is 24.7. The average molecular weight is 497 g/mol. The SMILES string of the molecule is CC(C)(C)OC(=O)N1CCC(CN2CCC(OS(=O)(=O)C(F)(F)F)=CC2=O)C2(CCCC2)C1. The number of hydrogen-bond donors (Lipinski definition) is 0. The summed E-state index contributed by atoms with van der Waals surface area (Å²) in [6.07, 6.45) is 4.93. The number of halogens is 3. The van der Waals surface area contributed by atoms with Gasteiger partial charge in [0.15, 0.2) is 0 Å². The van der Waals surface area contributed by atoms with Crippen molar-refractivity contribution in [2.75, 3.05) is 26.2 Å². The Labute approximate surface area is 192 Å². The zero-order valence-corrected chi connectivity index (χ0v) is 19.9. The number of likely N-dealkylation sites (tertiary alicyclic amines) is 1. The van der Waals surface area contributed by atoms with Gasteiger partial charge >= 0.3 is 21.7 Å². The number of piperidine rings is 1. The van der Waals surface area contributed by atoms with Gasteiger partial charge in [0.2, 0.25) is 5.91 Å². The highest BCUT2D eigenvalue weighted by atomic mass is 32.2. The third-order valence-corrected chi connectivity index (χ3v) is 7.54. The third kappa shape index (κ3) is 5.93. The molecular weight excluding hydrogens is 465 g/mol. The first-order valence-electron chi connectivity index (χ1n) is 11.1. The van der Waals surface area contributed by atoms with Crippen molar-refractivity contribution in [3.05, 3.63) is 11.8 Å². The topological polar surface area (TPSA) is 93.2 Å². The molecule has 1 unspecified atom stereocenters. The summed E-state index contributed by atoms with van der Waals surface area (Å²) in [5.41, 5.74) is -6.29. The number of amides is 2.